The van der Waals surface area contributed by atoms with E-state index in [0.717, 1.165) is 54.9 Å². The van der Waals surface area contributed by atoms with Gasteiger partial charge < -0.3 is 14.4 Å². The molecule has 0 saturated carbocycles. The fourth-order valence-corrected chi connectivity index (χ4v) is 11.4. The summed E-state index contributed by atoms with van der Waals surface area (Å²) in [5.74, 6) is 2.23. The highest BCUT2D eigenvalue weighted by molar-refractivity contribution is 6.14. The minimum Gasteiger partial charge on any atom is -0.336 e. The minimum absolute atomic E-state index is 0.164. The lowest BCUT2D eigenvalue weighted by molar-refractivity contribution is 0.420. The van der Waals surface area contributed by atoms with Crippen LogP contribution in [0.3, 0.4) is 0 Å². The van der Waals surface area contributed by atoms with Gasteiger partial charge in [0.1, 0.15) is 12.0 Å². The van der Waals surface area contributed by atoms with Gasteiger partial charge in [-0.3, -0.25) is 0 Å². The summed E-state index contributed by atoms with van der Waals surface area (Å²) in [4.78, 5) is 15.7. The van der Waals surface area contributed by atoms with Crippen LogP contribution in [0.2, 0.25) is 0 Å². The maximum Gasteiger partial charge on any atom is 0.159 e. The summed E-state index contributed by atoms with van der Waals surface area (Å²) in [5, 5.41) is 7.64. The Morgan fingerprint density at radius 2 is 1.52 bits per heavy atom. The van der Waals surface area contributed by atoms with Crippen LogP contribution in [-0.2, 0) is 6.42 Å². The number of allylic oxidation sites excluding steroid dienone is 8. The molecule has 5 aromatic carbocycles. The third kappa shape index (κ3) is 5.68. The van der Waals surface area contributed by atoms with E-state index in [-0.39, 0.29) is 24.0 Å². The molecule has 5 heteroatoms. The van der Waals surface area contributed by atoms with E-state index in [2.05, 4.69) is 204 Å². The van der Waals surface area contributed by atoms with E-state index in [9.17, 15) is 0 Å². The molecular formula is C58H47N5. The number of benzene rings is 5. The highest BCUT2D eigenvalue weighted by Crippen LogP contribution is 2.50. The van der Waals surface area contributed by atoms with E-state index in [0.29, 0.717) is 0 Å². The fourth-order valence-electron chi connectivity index (χ4n) is 11.4. The minimum atomic E-state index is -0.164. The maximum atomic E-state index is 5.42. The first-order chi connectivity index (χ1) is 31.2. The average molecular weight is 814 g/mol. The lowest BCUT2D eigenvalue weighted by Gasteiger charge is -2.37. The molecule has 7 aliphatic rings. The molecule has 0 bridgehead atoms. The van der Waals surface area contributed by atoms with Gasteiger partial charge in [0, 0.05) is 63.3 Å². The molecular weight excluding hydrogens is 767 g/mol. The molecule has 2 aliphatic heterocycles. The number of aromatic nitrogens is 1. The molecule has 5 nitrogen and oxygen atoms in total. The zero-order valence-corrected chi connectivity index (χ0v) is 35.4. The third-order valence-electron chi connectivity index (χ3n) is 14.3. The van der Waals surface area contributed by atoms with Crippen molar-refractivity contribution in [3.8, 4) is 5.69 Å². The van der Waals surface area contributed by atoms with Gasteiger partial charge in [-0.25, -0.2) is 9.98 Å². The van der Waals surface area contributed by atoms with Gasteiger partial charge >= 0.3 is 0 Å². The van der Waals surface area contributed by atoms with Crippen molar-refractivity contribution in [2.45, 2.75) is 50.2 Å². The lowest BCUT2D eigenvalue weighted by atomic mass is 9.82. The van der Waals surface area contributed by atoms with Gasteiger partial charge in [-0.15, -0.1) is 0 Å². The van der Waals surface area contributed by atoms with E-state index in [4.69, 9.17) is 9.98 Å². The number of rotatable bonds is 5. The number of amidine groups is 2. The second-order valence-corrected chi connectivity index (χ2v) is 17.9. The fraction of sp³-hybridized carbons (Fsp3) is 0.172. The van der Waals surface area contributed by atoms with Crippen LogP contribution in [0.25, 0.3) is 45.1 Å². The zero-order chi connectivity index (χ0) is 41.6. The van der Waals surface area contributed by atoms with Gasteiger partial charge in [-0.1, -0.05) is 152 Å². The maximum absolute atomic E-state index is 5.42. The molecule has 5 aliphatic carbocycles. The first kappa shape index (κ1) is 36.4. The Hall–Kier alpha value is -7.24. The number of anilines is 1. The topological polar surface area (TPSA) is 36.1 Å². The van der Waals surface area contributed by atoms with Crippen LogP contribution in [0.4, 0.5) is 5.69 Å². The molecule has 4 unspecified atom stereocenters. The summed E-state index contributed by atoms with van der Waals surface area (Å²) >= 11 is 0. The summed E-state index contributed by atoms with van der Waals surface area (Å²) in [6.07, 6.45) is 35.5. The molecule has 1 aromatic heterocycles. The van der Waals surface area contributed by atoms with Gasteiger partial charge in [0.05, 0.1) is 17.1 Å². The third-order valence-corrected chi connectivity index (χ3v) is 14.3. The van der Waals surface area contributed by atoms with Crippen LogP contribution < -0.4 is 15.5 Å². The molecule has 13 rings (SSSR count). The number of hydrogen-bond acceptors (Lipinski definition) is 4. The zero-order valence-electron chi connectivity index (χ0n) is 35.4. The first-order valence-electron chi connectivity index (χ1n) is 22.7. The van der Waals surface area contributed by atoms with E-state index in [1.54, 1.807) is 0 Å². The molecule has 304 valence electrons. The molecule has 6 aromatic rings. The Morgan fingerprint density at radius 1 is 0.683 bits per heavy atom. The van der Waals surface area contributed by atoms with Crippen molar-refractivity contribution in [3.05, 3.63) is 220 Å². The number of nitrogens with zero attached hydrogens (tertiary/aromatic N) is 5. The number of hydrogen-bond donors (Lipinski definition) is 0. The lowest BCUT2D eigenvalue weighted by Crippen LogP contribution is -2.45. The number of likely N-dealkylation sites (N-methyl/N-ethyl adjacent to an activating group) is 1. The normalized spacial score (nSPS) is 22.8. The Balaban J connectivity index is 1.05. The largest absolute Gasteiger partial charge is 0.336 e. The van der Waals surface area contributed by atoms with Crippen molar-refractivity contribution in [1.82, 2.24) is 9.47 Å². The van der Waals surface area contributed by atoms with Crippen molar-refractivity contribution in [1.29, 1.82) is 0 Å². The molecule has 0 fully saturated rings. The molecule has 3 heterocycles. The Morgan fingerprint density at radius 3 is 2.41 bits per heavy atom. The second-order valence-electron chi connectivity index (χ2n) is 17.9. The quantitative estimate of drug-likeness (QED) is 0.174. The number of aliphatic imine (C=N–C) groups is 2. The number of fused-ring (bicyclic) bond motifs is 9. The highest BCUT2D eigenvalue weighted by atomic mass is 15.3. The van der Waals surface area contributed by atoms with E-state index in [1.807, 2.05) is 0 Å². The van der Waals surface area contributed by atoms with E-state index in [1.165, 1.54) is 77.2 Å². The summed E-state index contributed by atoms with van der Waals surface area (Å²) in [7, 11) is 2.12. The summed E-state index contributed by atoms with van der Waals surface area (Å²) in [5.41, 5.74) is 12.8. The van der Waals surface area contributed by atoms with Crippen LogP contribution >= 0.6 is 0 Å². The second kappa shape index (κ2) is 14.4. The van der Waals surface area contributed by atoms with Crippen molar-refractivity contribution >= 4 is 56.8 Å². The van der Waals surface area contributed by atoms with Gasteiger partial charge in [-0.2, -0.15) is 0 Å². The average Bonchev–Trinajstić information content (AvgIpc) is 3.84. The molecule has 0 radical (unpaired) electrons. The van der Waals surface area contributed by atoms with Gasteiger partial charge in [0.15, 0.2) is 5.84 Å². The predicted molar refractivity (Wildman–Crippen MR) is 262 cm³/mol. The molecule has 0 amide bonds. The van der Waals surface area contributed by atoms with Crippen LogP contribution in [-0.4, -0.2) is 40.4 Å². The predicted octanol–water partition coefficient (Wildman–Crippen LogP) is 11.0. The molecule has 63 heavy (non-hydrogen) atoms. The summed E-state index contributed by atoms with van der Waals surface area (Å²) in [6, 6.07) is 38.2. The molecule has 0 spiro atoms. The smallest absolute Gasteiger partial charge is 0.159 e. The summed E-state index contributed by atoms with van der Waals surface area (Å²) in [6.45, 7) is 0. The molecule has 0 N–H and O–H groups in total. The Bertz CT molecular complexity index is 3360. The first-order valence-corrected chi connectivity index (χ1v) is 22.7. The van der Waals surface area contributed by atoms with Crippen LogP contribution in [0, 0.1) is 5.92 Å². The van der Waals surface area contributed by atoms with Crippen molar-refractivity contribution in [3.63, 3.8) is 0 Å². The SMILES string of the molecule is CN1C(c2ccccc2)=NC(c2ccc3cccc(-n4c5c(c6c4=CC4=CC=CCC4C=6N4c6cc7ccccc7cc6C6C=CC=CC64)C=CCC5)c3c2)=NC1C1=CCCC=C1. The van der Waals surface area contributed by atoms with Crippen molar-refractivity contribution in [2.75, 3.05) is 11.9 Å². The van der Waals surface area contributed by atoms with Gasteiger partial charge in [0.2, 0.25) is 0 Å². The Labute approximate surface area is 368 Å². The van der Waals surface area contributed by atoms with E-state index >= 15 is 0 Å². The monoisotopic (exact) mass is 813 g/mol. The van der Waals surface area contributed by atoms with Gasteiger partial charge in [0.25, 0.3) is 0 Å². The highest BCUT2D eigenvalue weighted by Gasteiger charge is 2.43. The van der Waals surface area contributed by atoms with Gasteiger partial charge in [-0.05, 0) is 95.3 Å². The van der Waals surface area contributed by atoms with E-state index < -0.39 is 0 Å². The van der Waals surface area contributed by atoms with Crippen LogP contribution in [0.1, 0.15) is 59.5 Å². The van der Waals surface area contributed by atoms with Crippen molar-refractivity contribution < 1.29 is 0 Å². The molecule has 4 atom stereocenters. The van der Waals surface area contributed by atoms with Crippen LogP contribution in [0.5, 0.6) is 0 Å². The molecule has 0 saturated heterocycles. The standard InChI is InChI=1S/C58H47N5/c1-61-57(38-17-4-2-5-18-38)59-56(60-58(61)39-19-6-3-7-20-39)43-32-31-37-24-16-30-51(47(37)34-43)62-50-29-15-13-27-46(50)54-53(62)36-42-23-10-11-25-44(42)55(54)63-49-28-14-12-26-45(49)48-33-40-21-8-9-22-41(40)35-52(48)63/h2,4-6,8-14,16-24,26-28,30-36,44-45,49,58H,3,7,15,25,29H2,1H3. The summed E-state index contributed by atoms with van der Waals surface area (Å²) < 4.78 is 2.62. The van der Waals surface area contributed by atoms with Crippen molar-refractivity contribution in [2.24, 2.45) is 15.9 Å². The van der Waals surface area contributed by atoms with Crippen LogP contribution in [0.15, 0.2) is 191 Å². The Kier molecular flexibility index (Phi) is 8.34.